The Morgan fingerprint density at radius 1 is 0.795 bits per heavy atom. The van der Waals surface area contributed by atoms with Crippen molar-refractivity contribution in [1.29, 1.82) is 0 Å². The summed E-state index contributed by atoms with van der Waals surface area (Å²) < 4.78 is 34.8. The molecule has 8 nitrogen and oxygen atoms in total. The minimum Gasteiger partial charge on any atom is -0.494 e. The lowest BCUT2D eigenvalue weighted by Crippen LogP contribution is -2.53. The average Bonchev–Trinajstić information content (AvgIpc) is 3.03. The summed E-state index contributed by atoms with van der Waals surface area (Å²) in [6, 6.07) is 31.0. The molecule has 0 spiro atoms. The molecule has 1 N–H and O–H groups in total. The van der Waals surface area contributed by atoms with Crippen LogP contribution in [0, 0.1) is 6.92 Å². The van der Waals surface area contributed by atoms with Crippen LogP contribution in [0.15, 0.2) is 114 Å². The minimum absolute atomic E-state index is 0.0206. The lowest BCUT2D eigenvalue weighted by atomic mass is 10.0. The molecule has 0 fully saturated rings. The summed E-state index contributed by atoms with van der Waals surface area (Å²) in [5, 5.41) is 2.88. The number of anilines is 1. The van der Waals surface area contributed by atoms with E-state index in [4.69, 9.17) is 4.74 Å². The van der Waals surface area contributed by atoms with Crippen molar-refractivity contribution >= 4 is 27.5 Å². The van der Waals surface area contributed by atoms with E-state index in [0.717, 1.165) is 21.0 Å². The normalized spacial score (nSPS) is 11.8. The van der Waals surface area contributed by atoms with Gasteiger partial charge >= 0.3 is 0 Å². The first-order valence-corrected chi connectivity index (χ1v) is 16.1. The van der Waals surface area contributed by atoms with Crippen LogP contribution in [0.5, 0.6) is 5.75 Å². The molecule has 230 valence electrons. The van der Waals surface area contributed by atoms with E-state index in [1.807, 2.05) is 75.4 Å². The van der Waals surface area contributed by atoms with Gasteiger partial charge in [-0.15, -0.1) is 0 Å². The highest BCUT2D eigenvalue weighted by atomic mass is 32.2. The lowest BCUT2D eigenvalue weighted by molar-refractivity contribution is -0.140. The molecule has 0 unspecified atom stereocenters. The Bertz CT molecular complexity index is 1610. The third-order valence-electron chi connectivity index (χ3n) is 7.14. The Balaban J connectivity index is 1.76. The zero-order valence-electron chi connectivity index (χ0n) is 25.3. The maximum atomic E-state index is 14.4. The van der Waals surface area contributed by atoms with Gasteiger partial charge in [-0.25, -0.2) is 8.42 Å². The number of hydrogen-bond donors (Lipinski definition) is 1. The Labute approximate surface area is 260 Å². The molecule has 0 radical (unpaired) electrons. The molecule has 0 aliphatic rings. The highest BCUT2D eigenvalue weighted by Crippen LogP contribution is 2.26. The van der Waals surface area contributed by atoms with Crippen LogP contribution in [-0.4, -0.2) is 50.9 Å². The van der Waals surface area contributed by atoms with Crippen molar-refractivity contribution in [2.24, 2.45) is 0 Å². The van der Waals surface area contributed by atoms with Crippen molar-refractivity contribution in [1.82, 2.24) is 10.2 Å². The number of para-hydroxylation sites is 1. The number of nitrogens with zero attached hydrogens (tertiary/aromatic N) is 2. The van der Waals surface area contributed by atoms with Gasteiger partial charge in [0.15, 0.2) is 0 Å². The predicted octanol–water partition coefficient (Wildman–Crippen LogP) is 5.37. The molecule has 0 aromatic heterocycles. The highest BCUT2D eigenvalue weighted by molar-refractivity contribution is 7.92. The second-order valence-corrected chi connectivity index (χ2v) is 12.2. The number of aryl methyl sites for hydroxylation is 1. The average molecular weight is 614 g/mol. The molecule has 0 bridgehead atoms. The van der Waals surface area contributed by atoms with Gasteiger partial charge in [-0.2, -0.15) is 0 Å². The van der Waals surface area contributed by atoms with E-state index in [1.165, 1.54) is 17.0 Å². The van der Waals surface area contributed by atoms with Gasteiger partial charge in [0.2, 0.25) is 11.8 Å². The lowest BCUT2D eigenvalue weighted by Gasteiger charge is -2.33. The van der Waals surface area contributed by atoms with E-state index < -0.39 is 28.5 Å². The molecule has 0 saturated heterocycles. The van der Waals surface area contributed by atoms with E-state index in [2.05, 4.69) is 5.32 Å². The van der Waals surface area contributed by atoms with Gasteiger partial charge in [0, 0.05) is 19.5 Å². The molecular weight excluding hydrogens is 574 g/mol. The van der Waals surface area contributed by atoms with Crippen LogP contribution in [0.4, 0.5) is 5.69 Å². The number of carbonyl (C=O) groups is 2. The van der Waals surface area contributed by atoms with Gasteiger partial charge in [-0.05, 0) is 68.3 Å². The summed E-state index contributed by atoms with van der Waals surface area (Å²) in [5.41, 5.74) is 3.11. The minimum atomic E-state index is -4.18. The zero-order chi connectivity index (χ0) is 31.5. The van der Waals surface area contributed by atoms with E-state index >= 15 is 0 Å². The summed E-state index contributed by atoms with van der Waals surface area (Å²) >= 11 is 0. The first kappa shape index (κ1) is 32.3. The highest BCUT2D eigenvalue weighted by Gasteiger charge is 2.34. The van der Waals surface area contributed by atoms with Gasteiger partial charge < -0.3 is 15.0 Å². The molecule has 44 heavy (non-hydrogen) atoms. The molecule has 4 aromatic carbocycles. The summed E-state index contributed by atoms with van der Waals surface area (Å²) in [4.78, 5) is 29.4. The van der Waals surface area contributed by atoms with Crippen molar-refractivity contribution < 1.29 is 22.7 Å². The SMILES string of the molecule is CCNC(=O)[C@H](Cc1ccccc1)N(Cc1ccc(C)cc1)C(=O)CN(c1ccccc1)S(=O)(=O)c1ccc(OCC)cc1. The van der Waals surface area contributed by atoms with Gasteiger partial charge in [0.1, 0.15) is 18.3 Å². The molecule has 2 amide bonds. The number of benzene rings is 4. The van der Waals surface area contributed by atoms with Gasteiger partial charge in [-0.1, -0.05) is 78.4 Å². The molecule has 4 aromatic rings. The van der Waals surface area contributed by atoms with E-state index in [0.29, 0.717) is 24.6 Å². The van der Waals surface area contributed by atoms with E-state index in [-0.39, 0.29) is 23.8 Å². The number of carbonyl (C=O) groups excluding carboxylic acids is 2. The Kier molecular flexibility index (Phi) is 11.2. The molecule has 4 rings (SSSR count). The van der Waals surface area contributed by atoms with Crippen molar-refractivity contribution in [3.05, 3.63) is 126 Å². The van der Waals surface area contributed by atoms with Gasteiger partial charge in [0.25, 0.3) is 10.0 Å². The third-order valence-corrected chi connectivity index (χ3v) is 8.93. The smallest absolute Gasteiger partial charge is 0.264 e. The van der Waals surface area contributed by atoms with Crippen LogP contribution >= 0.6 is 0 Å². The number of ether oxygens (including phenoxy) is 1. The fraction of sp³-hybridized carbons (Fsp3) is 0.257. The van der Waals surface area contributed by atoms with Crippen LogP contribution in [0.2, 0.25) is 0 Å². The molecule has 0 heterocycles. The van der Waals surface area contributed by atoms with E-state index in [9.17, 15) is 18.0 Å². The second kappa shape index (κ2) is 15.2. The van der Waals surface area contributed by atoms with Crippen molar-refractivity contribution in [2.75, 3.05) is 24.0 Å². The molecule has 0 saturated carbocycles. The zero-order valence-corrected chi connectivity index (χ0v) is 26.2. The quantitative estimate of drug-likeness (QED) is 0.207. The van der Waals surface area contributed by atoms with Crippen LogP contribution in [-0.2, 0) is 32.6 Å². The largest absolute Gasteiger partial charge is 0.494 e. The number of likely N-dealkylation sites (N-methyl/N-ethyl adjacent to an activating group) is 1. The summed E-state index contributed by atoms with van der Waals surface area (Å²) in [6.45, 7) is 6.10. The number of amides is 2. The number of hydrogen-bond acceptors (Lipinski definition) is 5. The maximum Gasteiger partial charge on any atom is 0.264 e. The maximum absolute atomic E-state index is 14.4. The molecule has 0 aliphatic heterocycles. The van der Waals surface area contributed by atoms with Crippen molar-refractivity contribution in [3.8, 4) is 5.75 Å². The van der Waals surface area contributed by atoms with Crippen LogP contribution in [0.25, 0.3) is 0 Å². The van der Waals surface area contributed by atoms with E-state index in [1.54, 1.807) is 42.5 Å². The Morgan fingerprint density at radius 3 is 2.00 bits per heavy atom. The molecular formula is C35H39N3O5S. The number of sulfonamides is 1. The summed E-state index contributed by atoms with van der Waals surface area (Å²) in [7, 11) is -4.18. The van der Waals surface area contributed by atoms with Gasteiger partial charge in [-0.3, -0.25) is 13.9 Å². The van der Waals surface area contributed by atoms with Crippen LogP contribution in [0.3, 0.4) is 0 Å². The standard InChI is InChI=1S/C35H39N3O5S/c1-4-36-35(40)33(24-28-12-8-6-9-13-28)37(25-29-18-16-27(3)17-19-29)34(39)26-38(30-14-10-7-11-15-30)44(41,42)32-22-20-31(21-23-32)43-5-2/h6-23,33H,4-5,24-26H2,1-3H3,(H,36,40)/t33-/m0/s1. The molecule has 1 atom stereocenters. The first-order chi connectivity index (χ1) is 21.2. The Hall–Kier alpha value is -4.63. The predicted molar refractivity (Wildman–Crippen MR) is 173 cm³/mol. The third kappa shape index (κ3) is 8.26. The first-order valence-electron chi connectivity index (χ1n) is 14.7. The Morgan fingerprint density at radius 2 is 1.41 bits per heavy atom. The van der Waals surface area contributed by atoms with Crippen LogP contribution in [0.1, 0.15) is 30.5 Å². The fourth-order valence-corrected chi connectivity index (χ4v) is 6.28. The number of nitrogens with one attached hydrogen (secondary N) is 1. The second-order valence-electron chi connectivity index (χ2n) is 10.4. The molecule has 9 heteroatoms. The summed E-state index contributed by atoms with van der Waals surface area (Å²) in [6.07, 6.45) is 0.265. The monoisotopic (exact) mass is 613 g/mol. The van der Waals surface area contributed by atoms with Crippen LogP contribution < -0.4 is 14.4 Å². The fourth-order valence-electron chi connectivity index (χ4n) is 4.86. The van der Waals surface area contributed by atoms with Crippen molar-refractivity contribution in [3.63, 3.8) is 0 Å². The topological polar surface area (TPSA) is 96.0 Å². The van der Waals surface area contributed by atoms with Gasteiger partial charge in [0.05, 0.1) is 17.2 Å². The summed E-state index contributed by atoms with van der Waals surface area (Å²) in [5.74, 6) is -0.266. The van der Waals surface area contributed by atoms with Crippen molar-refractivity contribution in [2.45, 2.75) is 44.7 Å². The molecule has 0 aliphatic carbocycles. The number of rotatable bonds is 14.